The van der Waals surface area contributed by atoms with E-state index in [2.05, 4.69) is 4.42 Å². The topological polar surface area (TPSA) is 102 Å². The number of carbonyl (C=O) groups excluding carboxylic acids is 1. The van der Waals surface area contributed by atoms with E-state index in [0.717, 1.165) is 31.8 Å². The van der Waals surface area contributed by atoms with Crippen LogP contribution in [0.2, 0.25) is 0 Å². The van der Waals surface area contributed by atoms with Crippen LogP contribution in [0.15, 0.2) is 215 Å². The molecule has 8 rings (SSSR count). The third-order valence-electron chi connectivity index (χ3n) is 8.99. The van der Waals surface area contributed by atoms with Crippen molar-refractivity contribution in [3.63, 3.8) is 0 Å². The van der Waals surface area contributed by atoms with Crippen molar-refractivity contribution in [2.75, 3.05) is 0 Å². The summed E-state index contributed by atoms with van der Waals surface area (Å²) >= 11 is 0. The smallest absolute Gasteiger partial charge is 0.455 e. The minimum atomic E-state index is -5.26. The van der Waals surface area contributed by atoms with Gasteiger partial charge in [-0.2, -0.15) is 13.2 Å². The molecule has 1 N–H and O–H groups in total. The van der Waals surface area contributed by atoms with Crippen LogP contribution >= 0.6 is 14.3 Å². The summed E-state index contributed by atoms with van der Waals surface area (Å²) in [4.78, 5) is 22.3. The van der Waals surface area contributed by atoms with Gasteiger partial charge in [0.05, 0.1) is 5.39 Å². The van der Waals surface area contributed by atoms with Crippen LogP contribution in [0.5, 0.6) is 5.75 Å². The first kappa shape index (κ1) is 44.9. The molecule has 1 aromatic heterocycles. The third-order valence-corrected chi connectivity index (χ3v) is 15.1. The van der Waals surface area contributed by atoms with Gasteiger partial charge in [-0.05, 0) is 12.1 Å². The first-order chi connectivity index (χ1) is 28.0. The van der Waals surface area contributed by atoms with E-state index < -0.39 is 43.2 Å². The number of fused-ring (bicyclic) bond motifs is 1. The minimum absolute atomic E-state index is 0. The second-order valence-electron chi connectivity index (χ2n) is 12.7. The number of rotatable bonds is 7. The van der Waals surface area contributed by atoms with E-state index in [0.29, 0.717) is 0 Å². The maximum absolute atomic E-state index is 13.8. The molecule has 0 aliphatic carbocycles. The molecule has 0 amide bonds. The molecule has 0 saturated carbocycles. The van der Waals surface area contributed by atoms with E-state index in [1.165, 1.54) is 24.3 Å². The van der Waals surface area contributed by atoms with Gasteiger partial charge >= 0.3 is 11.8 Å². The molecule has 0 atom stereocenters. The molecule has 12 heteroatoms. The zero-order chi connectivity index (χ0) is 41.2. The summed E-state index contributed by atoms with van der Waals surface area (Å²) in [6.07, 6.45) is -5.26. The van der Waals surface area contributed by atoms with Crippen LogP contribution in [-0.2, 0) is 9.13 Å². The first-order valence-electron chi connectivity index (χ1n) is 17.9. The standard InChI is InChI=1S/2C18H15OP.C11H5F3O4.Gd/c2*19-20(16-10-4-1-5-11-16,17-12-6-2-7-13-17)18-14-8-3-9-15-18;12-11(13,14)9(16)7-8(15)5-3-1-2-4-6(5)18-10(7)17;/h2*1-15H;1-4,15H;. The number of alkyl halides is 3. The van der Waals surface area contributed by atoms with Gasteiger partial charge in [-0.25, -0.2) is 4.79 Å². The van der Waals surface area contributed by atoms with Gasteiger partial charge in [-0.1, -0.05) is 194 Å². The second-order valence-corrected chi connectivity index (χ2v) is 18.2. The molecule has 0 fully saturated rings. The first-order valence-corrected chi connectivity index (χ1v) is 21.3. The molecule has 0 saturated heterocycles. The van der Waals surface area contributed by atoms with Gasteiger partial charge in [0.15, 0.2) is 19.8 Å². The van der Waals surface area contributed by atoms with Crippen LogP contribution < -0.4 is 37.5 Å². The minimum Gasteiger partial charge on any atom is -0.506 e. The quantitative estimate of drug-likeness (QED) is 0.0974. The normalized spacial score (nSPS) is 11.2. The van der Waals surface area contributed by atoms with E-state index in [-0.39, 0.29) is 50.9 Å². The van der Waals surface area contributed by atoms with Crippen LogP contribution in [0.1, 0.15) is 10.4 Å². The summed E-state index contributed by atoms with van der Waals surface area (Å²) in [6.45, 7) is 0. The van der Waals surface area contributed by atoms with Gasteiger partial charge in [-0.15, -0.1) is 0 Å². The molecule has 0 spiro atoms. The Morgan fingerprint density at radius 2 is 0.712 bits per heavy atom. The van der Waals surface area contributed by atoms with Crippen molar-refractivity contribution >= 4 is 62.9 Å². The Bertz CT molecular complexity index is 2420. The predicted molar refractivity (Wildman–Crippen MR) is 226 cm³/mol. The number of halogens is 3. The molecule has 0 radical (unpaired) electrons. The summed E-state index contributed by atoms with van der Waals surface area (Å²) in [5, 5.41) is 14.7. The van der Waals surface area contributed by atoms with Crippen molar-refractivity contribution < 1.29 is 76.6 Å². The fourth-order valence-corrected chi connectivity index (χ4v) is 11.5. The molecular weight excluding hydrogens is 937 g/mol. The predicted octanol–water partition coefficient (Wildman–Crippen LogP) is 8.90. The van der Waals surface area contributed by atoms with Crippen molar-refractivity contribution in [1.29, 1.82) is 0 Å². The molecule has 8 aromatic rings. The van der Waals surface area contributed by atoms with Crippen LogP contribution in [0, 0.1) is 39.9 Å². The number of ketones is 1. The number of aromatic hydroxyl groups is 1. The Morgan fingerprint density at radius 1 is 0.458 bits per heavy atom. The van der Waals surface area contributed by atoms with E-state index >= 15 is 0 Å². The number of hydrogen-bond acceptors (Lipinski definition) is 6. The van der Waals surface area contributed by atoms with Crippen molar-refractivity contribution in [3.8, 4) is 5.75 Å². The molecule has 0 bridgehead atoms. The average molecular weight is 972 g/mol. The average Bonchev–Trinajstić information content (AvgIpc) is 3.28. The number of carbonyl (C=O) groups is 1. The van der Waals surface area contributed by atoms with Crippen LogP contribution in [0.4, 0.5) is 13.2 Å². The molecule has 59 heavy (non-hydrogen) atoms. The Labute approximate surface area is 370 Å². The number of benzene rings is 7. The van der Waals surface area contributed by atoms with Gasteiger partial charge in [-0.3, -0.25) is 4.79 Å². The molecule has 0 aliphatic heterocycles. The Hall–Kier alpha value is -5.21. The Balaban J connectivity index is 0.000000167. The monoisotopic (exact) mass is 972 g/mol. The molecular formula is C47H35F3GdO6P2. The summed E-state index contributed by atoms with van der Waals surface area (Å²) in [5.41, 5.74) is -3.02. The molecule has 0 unspecified atom stereocenters. The maximum atomic E-state index is 13.8. The van der Waals surface area contributed by atoms with Gasteiger partial charge in [0.2, 0.25) is 0 Å². The van der Waals surface area contributed by atoms with Gasteiger partial charge < -0.3 is 18.7 Å². The third kappa shape index (κ3) is 10.2. The maximum Gasteiger partial charge on any atom is 0.455 e. The molecule has 1 heterocycles. The van der Waals surface area contributed by atoms with Gasteiger partial charge in [0.25, 0.3) is 5.78 Å². The van der Waals surface area contributed by atoms with Crippen molar-refractivity contribution in [2.24, 2.45) is 0 Å². The van der Waals surface area contributed by atoms with Crippen molar-refractivity contribution in [3.05, 3.63) is 222 Å². The summed E-state index contributed by atoms with van der Waals surface area (Å²) < 4.78 is 69.0. The zero-order valence-electron chi connectivity index (χ0n) is 31.0. The fourth-order valence-electron chi connectivity index (χ4n) is 6.20. The largest absolute Gasteiger partial charge is 0.506 e. The van der Waals surface area contributed by atoms with Crippen molar-refractivity contribution in [2.45, 2.75) is 6.18 Å². The van der Waals surface area contributed by atoms with Gasteiger partial charge in [0.1, 0.15) is 11.3 Å². The molecule has 6 nitrogen and oxygen atoms in total. The second kappa shape index (κ2) is 20.2. The van der Waals surface area contributed by atoms with Crippen LogP contribution in [0.25, 0.3) is 11.0 Å². The summed E-state index contributed by atoms with van der Waals surface area (Å²) in [5.74, 6) is -3.45. The van der Waals surface area contributed by atoms with E-state index in [4.69, 9.17) is 0 Å². The SMILES string of the molecule is O=C(c1c(O)c2ccccc2oc1=O)C(F)(F)F.O=P(c1ccccc1)(c1ccccc1)c1ccccc1.O=P(c1ccccc1)(c1ccccc1)c1ccccc1.[Gd]. The number of para-hydroxylation sites is 1. The van der Waals surface area contributed by atoms with Crippen molar-refractivity contribution in [1.82, 2.24) is 0 Å². The summed E-state index contributed by atoms with van der Waals surface area (Å²) in [7, 11) is -5.55. The Morgan fingerprint density at radius 3 is 0.983 bits per heavy atom. The van der Waals surface area contributed by atoms with E-state index in [1.54, 1.807) is 0 Å². The fraction of sp³-hybridized carbons (Fsp3) is 0.0213. The molecule has 298 valence electrons. The van der Waals surface area contributed by atoms with Crippen LogP contribution in [0.3, 0.4) is 0 Å². The zero-order valence-corrected chi connectivity index (χ0v) is 35.1. The molecule has 7 aromatic carbocycles. The van der Waals surface area contributed by atoms with Gasteiger partial charge in [0, 0.05) is 71.8 Å². The van der Waals surface area contributed by atoms with Crippen LogP contribution in [-0.4, -0.2) is 17.1 Å². The number of Topliss-reactive ketones (excluding diaryl/α,β-unsaturated/α-hetero) is 1. The van der Waals surface area contributed by atoms with E-state index in [1.807, 2.05) is 182 Å². The summed E-state index contributed by atoms with van der Waals surface area (Å²) in [6, 6.07) is 63.7. The number of hydrogen-bond donors (Lipinski definition) is 1. The molecule has 0 aliphatic rings. The van der Waals surface area contributed by atoms with E-state index in [9.17, 15) is 37.0 Å². The Kier molecular flexibility index (Phi) is 15.3.